The third kappa shape index (κ3) is 3.44. The van der Waals surface area contributed by atoms with Crippen LogP contribution in [0, 0.1) is 17.5 Å². The lowest BCUT2D eigenvalue weighted by atomic mass is 10.1. The maximum absolute atomic E-state index is 14.0. The zero-order valence-electron chi connectivity index (χ0n) is 15.1. The average molecular weight is 405 g/mol. The van der Waals surface area contributed by atoms with Crippen LogP contribution in [0.2, 0.25) is 0 Å². The summed E-state index contributed by atoms with van der Waals surface area (Å²) in [4.78, 5) is 18.6. The smallest absolute Gasteiger partial charge is 0.259 e. The van der Waals surface area contributed by atoms with Gasteiger partial charge in [0.25, 0.3) is 5.91 Å². The fourth-order valence-corrected chi connectivity index (χ4v) is 4.67. The Morgan fingerprint density at radius 3 is 2.68 bits per heavy atom. The Hall–Kier alpha value is -2.61. The van der Waals surface area contributed by atoms with Crippen LogP contribution in [-0.2, 0) is 0 Å². The molecule has 1 fully saturated rings. The van der Waals surface area contributed by atoms with E-state index in [9.17, 15) is 18.0 Å². The highest BCUT2D eigenvalue weighted by Crippen LogP contribution is 2.32. The molecule has 2 unspecified atom stereocenters. The molecule has 0 spiro atoms. The minimum atomic E-state index is -0.868. The molecule has 1 aliphatic carbocycles. The molecule has 2 aromatic carbocycles. The highest BCUT2D eigenvalue weighted by atomic mass is 32.1. The number of rotatable bonds is 4. The van der Waals surface area contributed by atoms with Crippen LogP contribution in [-0.4, -0.2) is 34.9 Å². The van der Waals surface area contributed by atoms with Gasteiger partial charge in [0.15, 0.2) is 5.13 Å². The van der Waals surface area contributed by atoms with E-state index in [-0.39, 0.29) is 17.9 Å². The number of anilines is 1. The van der Waals surface area contributed by atoms with Crippen molar-refractivity contribution in [1.82, 2.24) is 9.88 Å². The summed E-state index contributed by atoms with van der Waals surface area (Å²) in [5, 5.41) is 3.95. The average Bonchev–Trinajstić information content (AvgIpc) is 3.27. The van der Waals surface area contributed by atoms with Gasteiger partial charge >= 0.3 is 0 Å². The first-order chi connectivity index (χ1) is 13.4. The predicted molar refractivity (Wildman–Crippen MR) is 103 cm³/mol. The van der Waals surface area contributed by atoms with E-state index in [0.29, 0.717) is 10.6 Å². The number of hydrogen-bond donors (Lipinski definition) is 1. The zero-order chi connectivity index (χ0) is 19.8. The van der Waals surface area contributed by atoms with Crippen LogP contribution in [0.25, 0.3) is 10.2 Å². The maximum Gasteiger partial charge on any atom is 0.259 e. The van der Waals surface area contributed by atoms with E-state index >= 15 is 0 Å². The number of fused-ring (bicyclic) bond motifs is 1. The summed E-state index contributed by atoms with van der Waals surface area (Å²) in [5.74, 6) is -2.74. The molecule has 1 saturated carbocycles. The molecule has 1 amide bonds. The summed E-state index contributed by atoms with van der Waals surface area (Å²) < 4.78 is 42.1. The van der Waals surface area contributed by atoms with Gasteiger partial charge in [0.05, 0.1) is 16.3 Å². The number of nitrogens with zero attached hydrogens (tertiary/aromatic N) is 2. The summed E-state index contributed by atoms with van der Waals surface area (Å²) in [5.41, 5.74) is 0.160. The molecule has 146 valence electrons. The molecule has 1 heterocycles. The molecule has 28 heavy (non-hydrogen) atoms. The summed E-state index contributed by atoms with van der Waals surface area (Å²) in [6.07, 6.45) is 2.39. The minimum Gasteiger partial charge on any atom is -0.357 e. The molecular weight excluding hydrogens is 387 g/mol. The normalized spacial score (nSPS) is 19.1. The molecule has 4 nitrogen and oxygen atoms in total. The van der Waals surface area contributed by atoms with Crippen LogP contribution >= 0.6 is 11.3 Å². The van der Waals surface area contributed by atoms with Gasteiger partial charge in [0.1, 0.15) is 23.0 Å². The van der Waals surface area contributed by atoms with Crippen LogP contribution < -0.4 is 5.32 Å². The van der Waals surface area contributed by atoms with Gasteiger partial charge < -0.3 is 10.2 Å². The predicted octanol–water partition coefficient (Wildman–Crippen LogP) is 4.82. The van der Waals surface area contributed by atoms with Gasteiger partial charge in [-0.1, -0.05) is 17.4 Å². The van der Waals surface area contributed by atoms with Crippen molar-refractivity contribution in [2.75, 3.05) is 12.4 Å². The first-order valence-electron chi connectivity index (χ1n) is 8.98. The van der Waals surface area contributed by atoms with Crippen molar-refractivity contribution in [3.05, 3.63) is 59.4 Å². The number of carbonyl (C=O) groups is 1. The van der Waals surface area contributed by atoms with E-state index in [0.717, 1.165) is 36.1 Å². The number of nitrogens with one attached hydrogen (secondary N) is 1. The van der Waals surface area contributed by atoms with Crippen LogP contribution in [0.3, 0.4) is 0 Å². The fraction of sp³-hybridized carbons (Fsp3) is 0.300. The van der Waals surface area contributed by atoms with E-state index in [1.165, 1.54) is 34.4 Å². The van der Waals surface area contributed by atoms with Crippen LogP contribution in [0.5, 0.6) is 0 Å². The summed E-state index contributed by atoms with van der Waals surface area (Å²) >= 11 is 1.34. The number of thiazole rings is 1. The second-order valence-corrected chi connectivity index (χ2v) is 7.92. The molecule has 3 aromatic rings. The molecular formula is C20H18F3N3OS. The zero-order valence-corrected chi connectivity index (χ0v) is 15.9. The lowest BCUT2D eigenvalue weighted by molar-refractivity contribution is 0.0718. The van der Waals surface area contributed by atoms with E-state index in [1.807, 2.05) is 0 Å². The number of hydrogen-bond acceptors (Lipinski definition) is 4. The van der Waals surface area contributed by atoms with Crippen molar-refractivity contribution >= 4 is 32.6 Å². The fourth-order valence-electron chi connectivity index (χ4n) is 3.72. The number of benzene rings is 2. The highest BCUT2D eigenvalue weighted by Gasteiger charge is 2.35. The molecule has 0 radical (unpaired) electrons. The van der Waals surface area contributed by atoms with E-state index in [1.54, 1.807) is 13.1 Å². The van der Waals surface area contributed by atoms with Crippen molar-refractivity contribution < 1.29 is 18.0 Å². The van der Waals surface area contributed by atoms with Crippen LogP contribution in [0.1, 0.15) is 29.6 Å². The molecule has 2 atom stereocenters. The van der Waals surface area contributed by atoms with E-state index in [2.05, 4.69) is 10.3 Å². The number of aromatic nitrogens is 1. The van der Waals surface area contributed by atoms with Crippen LogP contribution in [0.4, 0.5) is 18.3 Å². The maximum atomic E-state index is 14.0. The first-order valence-corrected chi connectivity index (χ1v) is 9.79. The Labute approximate surface area is 164 Å². The lowest BCUT2D eigenvalue weighted by Crippen LogP contribution is -2.45. The van der Waals surface area contributed by atoms with Gasteiger partial charge in [-0.2, -0.15) is 0 Å². The molecule has 0 saturated heterocycles. The van der Waals surface area contributed by atoms with Crippen LogP contribution in [0.15, 0.2) is 36.4 Å². The third-order valence-electron chi connectivity index (χ3n) is 5.13. The number of likely N-dealkylation sites (N-methyl/N-ethyl adjacent to an activating group) is 1. The number of halogens is 3. The molecule has 0 bridgehead atoms. The number of amides is 1. The standard InChI is InChI=1S/C20H18F3N3OS/c1-26(19(27)18-12(22)4-2-5-13(18)23)16-7-3-6-14(16)24-20-25-15-9-8-11(21)10-17(15)28-20/h2,4-5,8-10,14,16H,3,6-7H2,1H3,(H,24,25). The Kier molecular flexibility index (Phi) is 4.97. The van der Waals surface area contributed by atoms with Gasteiger partial charge in [-0.05, 0) is 49.6 Å². The molecule has 0 aliphatic heterocycles. The monoisotopic (exact) mass is 405 g/mol. The number of carbonyl (C=O) groups excluding carboxylic acids is 1. The summed E-state index contributed by atoms with van der Waals surface area (Å²) in [7, 11) is 1.56. The van der Waals surface area contributed by atoms with Gasteiger partial charge in [-0.3, -0.25) is 4.79 Å². The van der Waals surface area contributed by atoms with Crippen molar-refractivity contribution in [1.29, 1.82) is 0 Å². The highest BCUT2D eigenvalue weighted by molar-refractivity contribution is 7.22. The molecule has 1 aromatic heterocycles. The second kappa shape index (κ2) is 7.43. The van der Waals surface area contributed by atoms with Gasteiger partial charge in [-0.15, -0.1) is 0 Å². The van der Waals surface area contributed by atoms with E-state index in [4.69, 9.17) is 0 Å². The Balaban J connectivity index is 1.54. The van der Waals surface area contributed by atoms with Crippen molar-refractivity contribution in [2.45, 2.75) is 31.3 Å². The summed E-state index contributed by atoms with van der Waals surface area (Å²) in [6.45, 7) is 0. The lowest BCUT2D eigenvalue weighted by Gasteiger charge is -2.30. The third-order valence-corrected chi connectivity index (χ3v) is 6.08. The van der Waals surface area contributed by atoms with Gasteiger partial charge in [0.2, 0.25) is 0 Å². The summed E-state index contributed by atoms with van der Waals surface area (Å²) in [6, 6.07) is 7.47. The molecule has 8 heteroatoms. The van der Waals surface area contributed by atoms with Crippen molar-refractivity contribution in [3.8, 4) is 0 Å². The SMILES string of the molecule is CN(C(=O)c1c(F)cccc1F)C1CCCC1Nc1nc2ccc(F)cc2s1. The van der Waals surface area contributed by atoms with Gasteiger partial charge in [0, 0.05) is 13.1 Å². The van der Waals surface area contributed by atoms with Crippen molar-refractivity contribution in [2.24, 2.45) is 0 Å². The topological polar surface area (TPSA) is 45.2 Å². The van der Waals surface area contributed by atoms with E-state index < -0.39 is 23.1 Å². The second-order valence-electron chi connectivity index (χ2n) is 6.89. The quantitative estimate of drug-likeness (QED) is 0.677. The minimum absolute atomic E-state index is 0.103. The first kappa shape index (κ1) is 18.7. The molecule has 1 aliphatic rings. The molecule has 1 N–H and O–H groups in total. The van der Waals surface area contributed by atoms with Crippen molar-refractivity contribution in [3.63, 3.8) is 0 Å². The largest absolute Gasteiger partial charge is 0.357 e. The Bertz CT molecular complexity index is 1020. The Morgan fingerprint density at radius 2 is 1.93 bits per heavy atom. The molecule has 4 rings (SSSR count). The van der Waals surface area contributed by atoms with Gasteiger partial charge in [-0.25, -0.2) is 18.2 Å². The Morgan fingerprint density at radius 1 is 1.18 bits per heavy atom.